The molecule has 0 unspecified atom stereocenters. The van der Waals surface area contributed by atoms with Crippen LogP contribution in [-0.4, -0.2) is 40.0 Å². The molecule has 1 N–H and O–H groups in total. The maximum atomic E-state index is 12.0. The van der Waals surface area contributed by atoms with Gasteiger partial charge in [0.25, 0.3) is 0 Å². The molecule has 1 aromatic carbocycles. The third kappa shape index (κ3) is 2.79. The number of carbonyl (C=O) groups is 2. The van der Waals surface area contributed by atoms with E-state index in [9.17, 15) is 9.59 Å². The molecule has 1 aliphatic rings. The van der Waals surface area contributed by atoms with Gasteiger partial charge >= 0.3 is 5.97 Å². The first-order chi connectivity index (χ1) is 10.1. The largest absolute Gasteiger partial charge is 0.481 e. The minimum atomic E-state index is -0.853. The highest BCUT2D eigenvalue weighted by Gasteiger charge is 2.29. The molecule has 3 rings (SSSR count). The van der Waals surface area contributed by atoms with Crippen molar-refractivity contribution in [2.45, 2.75) is 6.42 Å². The number of fused-ring (bicyclic) bond motifs is 1. The molecule has 0 aliphatic carbocycles. The molecule has 1 atom stereocenters. The first kappa shape index (κ1) is 13.4. The van der Waals surface area contributed by atoms with E-state index < -0.39 is 11.9 Å². The highest BCUT2D eigenvalue weighted by molar-refractivity contribution is 5.92. The Morgan fingerprint density at radius 3 is 2.90 bits per heavy atom. The standard InChI is InChI=1S/C15H14N2O4/c18-14(17-8-7-10(9-17)15(19)20)6-5-13-16-11-3-1-2-4-12(11)21-13/h1-6,10H,7-9H2,(H,19,20)/b6-5+/t10-/m0/s1. The number of para-hydroxylation sites is 2. The van der Waals surface area contributed by atoms with Gasteiger partial charge in [-0.05, 0) is 18.6 Å². The summed E-state index contributed by atoms with van der Waals surface area (Å²) in [5.41, 5.74) is 1.40. The molecule has 2 heterocycles. The quantitative estimate of drug-likeness (QED) is 0.869. The maximum absolute atomic E-state index is 12.0. The van der Waals surface area contributed by atoms with E-state index in [-0.39, 0.29) is 12.5 Å². The van der Waals surface area contributed by atoms with Crippen molar-refractivity contribution in [3.8, 4) is 0 Å². The summed E-state index contributed by atoms with van der Waals surface area (Å²) in [5.74, 6) is -1.18. The first-order valence-corrected chi connectivity index (χ1v) is 6.69. The second-order valence-corrected chi connectivity index (χ2v) is 4.96. The minimum Gasteiger partial charge on any atom is -0.481 e. The minimum absolute atomic E-state index is 0.221. The number of aromatic nitrogens is 1. The first-order valence-electron chi connectivity index (χ1n) is 6.69. The number of amides is 1. The van der Waals surface area contributed by atoms with Crippen LogP contribution in [0.15, 0.2) is 34.8 Å². The van der Waals surface area contributed by atoms with Crippen molar-refractivity contribution in [3.63, 3.8) is 0 Å². The van der Waals surface area contributed by atoms with Crippen LogP contribution in [-0.2, 0) is 9.59 Å². The number of rotatable bonds is 3. The van der Waals surface area contributed by atoms with Gasteiger partial charge in [0.05, 0.1) is 5.92 Å². The highest BCUT2D eigenvalue weighted by Crippen LogP contribution is 2.18. The molecule has 6 nitrogen and oxygen atoms in total. The van der Waals surface area contributed by atoms with Gasteiger partial charge in [0.1, 0.15) is 5.52 Å². The number of likely N-dealkylation sites (tertiary alicyclic amines) is 1. The summed E-state index contributed by atoms with van der Waals surface area (Å²) in [4.78, 5) is 28.6. The van der Waals surface area contributed by atoms with Gasteiger partial charge in [0.15, 0.2) is 5.58 Å². The second-order valence-electron chi connectivity index (χ2n) is 4.96. The Morgan fingerprint density at radius 2 is 2.19 bits per heavy atom. The molecule has 108 valence electrons. The molecule has 1 saturated heterocycles. The lowest BCUT2D eigenvalue weighted by atomic mass is 10.1. The summed E-state index contributed by atoms with van der Waals surface area (Å²) in [6.45, 7) is 0.722. The van der Waals surface area contributed by atoms with Crippen LogP contribution in [0.3, 0.4) is 0 Å². The Hall–Kier alpha value is -2.63. The lowest BCUT2D eigenvalue weighted by Crippen LogP contribution is -2.28. The van der Waals surface area contributed by atoms with E-state index >= 15 is 0 Å². The van der Waals surface area contributed by atoms with Crippen molar-refractivity contribution < 1.29 is 19.1 Å². The van der Waals surface area contributed by atoms with Gasteiger partial charge in [-0.25, -0.2) is 4.98 Å². The molecule has 6 heteroatoms. The van der Waals surface area contributed by atoms with Gasteiger partial charge in [-0.15, -0.1) is 0 Å². The maximum Gasteiger partial charge on any atom is 0.308 e. The molecule has 0 spiro atoms. The Morgan fingerprint density at radius 1 is 1.38 bits per heavy atom. The molecular weight excluding hydrogens is 272 g/mol. The summed E-state index contributed by atoms with van der Waals surface area (Å²) >= 11 is 0. The Bertz CT molecular complexity index is 686. The predicted octanol–water partition coefficient (Wildman–Crippen LogP) is 1.77. The molecule has 0 saturated carbocycles. The number of carbonyl (C=O) groups excluding carboxylic acids is 1. The highest BCUT2D eigenvalue weighted by atomic mass is 16.4. The molecule has 1 amide bonds. The fourth-order valence-electron chi connectivity index (χ4n) is 2.37. The van der Waals surface area contributed by atoms with Crippen LogP contribution in [0.1, 0.15) is 12.3 Å². The van der Waals surface area contributed by atoms with Gasteiger partial charge in [0, 0.05) is 25.2 Å². The number of oxazole rings is 1. The third-order valence-electron chi connectivity index (χ3n) is 3.53. The Balaban J connectivity index is 1.68. The molecule has 2 aromatic rings. The summed E-state index contributed by atoms with van der Waals surface area (Å²) < 4.78 is 5.48. The van der Waals surface area contributed by atoms with Gasteiger partial charge in [0.2, 0.25) is 11.8 Å². The van der Waals surface area contributed by atoms with Crippen LogP contribution >= 0.6 is 0 Å². The number of nitrogens with zero attached hydrogens (tertiary/aromatic N) is 2. The fraction of sp³-hybridized carbons (Fsp3) is 0.267. The smallest absolute Gasteiger partial charge is 0.308 e. The molecule has 1 aromatic heterocycles. The molecule has 21 heavy (non-hydrogen) atoms. The zero-order valence-electron chi connectivity index (χ0n) is 11.2. The third-order valence-corrected chi connectivity index (χ3v) is 3.53. The van der Waals surface area contributed by atoms with E-state index in [1.165, 1.54) is 17.1 Å². The van der Waals surface area contributed by atoms with Crippen LogP contribution in [0.25, 0.3) is 17.2 Å². The van der Waals surface area contributed by atoms with E-state index in [4.69, 9.17) is 9.52 Å². The molecular formula is C15H14N2O4. The summed E-state index contributed by atoms with van der Waals surface area (Å²) in [6, 6.07) is 7.34. The number of hydrogen-bond donors (Lipinski definition) is 1. The van der Waals surface area contributed by atoms with Gasteiger partial charge in [-0.2, -0.15) is 0 Å². The number of hydrogen-bond acceptors (Lipinski definition) is 4. The fourth-order valence-corrected chi connectivity index (χ4v) is 2.37. The van der Waals surface area contributed by atoms with Crippen molar-refractivity contribution in [1.29, 1.82) is 0 Å². The number of carboxylic acid groups (broad SMARTS) is 1. The van der Waals surface area contributed by atoms with E-state index in [0.29, 0.717) is 24.4 Å². The van der Waals surface area contributed by atoms with E-state index in [1.54, 1.807) is 6.07 Å². The second kappa shape index (κ2) is 5.40. The van der Waals surface area contributed by atoms with E-state index in [1.807, 2.05) is 18.2 Å². The Kier molecular flexibility index (Phi) is 3.43. The molecule has 0 bridgehead atoms. The van der Waals surface area contributed by atoms with Gasteiger partial charge in [-0.3, -0.25) is 9.59 Å². The molecule has 1 aliphatic heterocycles. The van der Waals surface area contributed by atoms with Crippen LogP contribution in [0, 0.1) is 5.92 Å². The van der Waals surface area contributed by atoms with Crippen molar-refractivity contribution in [2.75, 3.05) is 13.1 Å². The normalized spacial score (nSPS) is 18.7. The lowest BCUT2D eigenvalue weighted by Gasteiger charge is -2.12. The average Bonchev–Trinajstić information content (AvgIpc) is 3.11. The van der Waals surface area contributed by atoms with Crippen LogP contribution < -0.4 is 0 Å². The van der Waals surface area contributed by atoms with Crippen molar-refractivity contribution in [1.82, 2.24) is 9.88 Å². The number of benzene rings is 1. The van der Waals surface area contributed by atoms with Crippen LogP contribution in [0.2, 0.25) is 0 Å². The molecule has 0 radical (unpaired) electrons. The van der Waals surface area contributed by atoms with Crippen molar-refractivity contribution in [3.05, 3.63) is 36.2 Å². The zero-order chi connectivity index (χ0) is 14.8. The summed E-state index contributed by atoms with van der Waals surface area (Å²) in [7, 11) is 0. The number of carboxylic acids is 1. The topological polar surface area (TPSA) is 83.6 Å². The Labute approximate surface area is 120 Å². The van der Waals surface area contributed by atoms with Crippen molar-refractivity contribution in [2.24, 2.45) is 5.92 Å². The molecule has 1 fully saturated rings. The van der Waals surface area contributed by atoms with Crippen LogP contribution in [0.4, 0.5) is 0 Å². The summed E-state index contributed by atoms with van der Waals surface area (Å²) in [5, 5.41) is 8.92. The zero-order valence-corrected chi connectivity index (χ0v) is 11.2. The lowest BCUT2D eigenvalue weighted by molar-refractivity contribution is -0.141. The van der Waals surface area contributed by atoms with Crippen LogP contribution in [0.5, 0.6) is 0 Å². The summed E-state index contributed by atoms with van der Waals surface area (Å²) in [6.07, 6.45) is 3.38. The van der Waals surface area contributed by atoms with E-state index in [0.717, 1.165) is 5.52 Å². The van der Waals surface area contributed by atoms with E-state index in [2.05, 4.69) is 4.98 Å². The van der Waals surface area contributed by atoms with Crippen molar-refractivity contribution >= 4 is 29.1 Å². The SMILES string of the molecule is O=C(O)[C@H]1CCN(C(=O)/C=C/c2nc3ccccc3o2)C1. The number of aliphatic carboxylic acids is 1. The van der Waals surface area contributed by atoms with Gasteiger partial charge in [-0.1, -0.05) is 12.1 Å². The van der Waals surface area contributed by atoms with Gasteiger partial charge < -0.3 is 14.4 Å². The monoisotopic (exact) mass is 286 g/mol. The average molecular weight is 286 g/mol. The predicted molar refractivity (Wildman–Crippen MR) is 75.4 cm³/mol.